The summed E-state index contributed by atoms with van der Waals surface area (Å²) in [7, 11) is 2.08. The van der Waals surface area contributed by atoms with Crippen molar-refractivity contribution in [1.82, 2.24) is 38.9 Å². The Labute approximate surface area is 240 Å². The Morgan fingerprint density at radius 1 is 0.952 bits per heavy atom. The third-order valence-electron chi connectivity index (χ3n) is 8.25. The Morgan fingerprint density at radius 2 is 1.62 bits per heavy atom. The first-order valence-electron chi connectivity index (χ1n) is 13.8. The Kier molecular flexibility index (Phi) is 6.24. The van der Waals surface area contributed by atoms with Gasteiger partial charge in [0.2, 0.25) is 0 Å². The summed E-state index contributed by atoms with van der Waals surface area (Å²) in [5.74, 6) is -0.465. The normalized spacial score (nSPS) is 16.7. The number of amides is 1. The van der Waals surface area contributed by atoms with Gasteiger partial charge in [-0.15, -0.1) is 0 Å². The molecule has 2 aliphatic heterocycles. The smallest absolute Gasteiger partial charge is 0.264 e. The van der Waals surface area contributed by atoms with E-state index in [4.69, 9.17) is 0 Å². The number of likely N-dealkylation sites (tertiary alicyclic amines) is 1. The lowest BCUT2D eigenvalue weighted by Gasteiger charge is -2.38. The fourth-order valence-electron chi connectivity index (χ4n) is 5.89. The molecule has 7 rings (SSSR count). The van der Waals surface area contributed by atoms with Gasteiger partial charge in [-0.2, -0.15) is 10.2 Å². The molecule has 0 atom stereocenters. The number of piperidine rings is 1. The van der Waals surface area contributed by atoms with Gasteiger partial charge < -0.3 is 10.0 Å². The fraction of sp³-hybridized carbons (Fsp3) is 0.300. The van der Waals surface area contributed by atoms with Gasteiger partial charge in [-0.05, 0) is 68.4 Å². The van der Waals surface area contributed by atoms with Crippen molar-refractivity contribution in [3.63, 3.8) is 0 Å². The highest BCUT2D eigenvalue weighted by atomic mass is 19.1. The monoisotopic (exact) mass is 568 g/mol. The van der Waals surface area contributed by atoms with E-state index in [1.165, 1.54) is 45.2 Å². The van der Waals surface area contributed by atoms with E-state index in [2.05, 4.69) is 27.1 Å². The predicted molar refractivity (Wildman–Crippen MR) is 152 cm³/mol. The summed E-state index contributed by atoms with van der Waals surface area (Å²) in [5, 5.41) is 20.4. The summed E-state index contributed by atoms with van der Waals surface area (Å²) in [6.07, 6.45) is 5.37. The van der Waals surface area contributed by atoms with Crippen LogP contribution in [0.2, 0.25) is 0 Å². The van der Waals surface area contributed by atoms with Gasteiger partial charge in [0.15, 0.2) is 5.65 Å². The van der Waals surface area contributed by atoms with Crippen LogP contribution in [-0.4, -0.2) is 75.7 Å². The van der Waals surface area contributed by atoms with Gasteiger partial charge >= 0.3 is 0 Å². The Bertz CT molecular complexity index is 1850. The Morgan fingerprint density at radius 3 is 2.36 bits per heavy atom. The number of aromatic nitrogens is 6. The summed E-state index contributed by atoms with van der Waals surface area (Å²) >= 11 is 0. The highest BCUT2D eigenvalue weighted by Crippen LogP contribution is 2.27. The van der Waals surface area contributed by atoms with Crippen molar-refractivity contribution in [3.8, 4) is 11.4 Å². The molecule has 12 heteroatoms. The highest BCUT2D eigenvalue weighted by molar-refractivity contribution is 5.94. The van der Waals surface area contributed by atoms with E-state index in [1.54, 1.807) is 17.0 Å². The SMILES string of the molecule is CN1Cc2cnn(-c3ccc(C(=O)N4CCC(O)(Cn5cnc6c(cnn6-c6ccc(F)cc6)c5=O)CC4)cc3)c2C1. The second kappa shape index (κ2) is 10.00. The van der Waals surface area contributed by atoms with Crippen molar-refractivity contribution < 1.29 is 14.3 Å². The van der Waals surface area contributed by atoms with E-state index in [-0.39, 0.29) is 23.8 Å². The first kappa shape index (κ1) is 26.2. The zero-order valence-corrected chi connectivity index (χ0v) is 23.0. The average Bonchev–Trinajstić information content (AvgIpc) is 3.69. The van der Waals surface area contributed by atoms with Crippen molar-refractivity contribution in [2.75, 3.05) is 20.1 Å². The number of hydrogen-bond acceptors (Lipinski definition) is 7. The lowest BCUT2D eigenvalue weighted by atomic mass is 9.91. The number of fused-ring (bicyclic) bond motifs is 2. The van der Waals surface area contributed by atoms with Crippen LogP contribution in [-0.2, 0) is 19.6 Å². The van der Waals surface area contributed by atoms with Crippen LogP contribution in [0.4, 0.5) is 4.39 Å². The molecular formula is C30H29FN8O3. The largest absolute Gasteiger partial charge is 0.388 e. The number of nitrogens with zero attached hydrogens (tertiary/aromatic N) is 8. The van der Waals surface area contributed by atoms with Crippen LogP contribution in [0.15, 0.2) is 72.0 Å². The summed E-state index contributed by atoms with van der Waals surface area (Å²) < 4.78 is 18.1. The molecule has 5 heterocycles. The molecule has 214 valence electrons. The molecule has 42 heavy (non-hydrogen) atoms. The maximum absolute atomic E-state index is 13.3. The maximum Gasteiger partial charge on any atom is 0.264 e. The number of rotatable bonds is 5. The van der Waals surface area contributed by atoms with Gasteiger partial charge in [-0.25, -0.2) is 18.7 Å². The van der Waals surface area contributed by atoms with Crippen LogP contribution in [0.3, 0.4) is 0 Å². The number of halogens is 1. The summed E-state index contributed by atoms with van der Waals surface area (Å²) in [6.45, 7) is 2.50. The van der Waals surface area contributed by atoms with Crippen LogP contribution >= 0.6 is 0 Å². The van der Waals surface area contributed by atoms with E-state index in [0.717, 1.165) is 18.8 Å². The summed E-state index contributed by atoms with van der Waals surface area (Å²) in [6, 6.07) is 13.2. The first-order chi connectivity index (χ1) is 20.3. The minimum absolute atomic E-state index is 0.0522. The predicted octanol–water partition coefficient (Wildman–Crippen LogP) is 2.52. The molecule has 11 nitrogen and oxygen atoms in total. The van der Waals surface area contributed by atoms with Crippen molar-refractivity contribution in [2.24, 2.45) is 0 Å². The second-order valence-corrected chi connectivity index (χ2v) is 11.2. The minimum Gasteiger partial charge on any atom is -0.388 e. The van der Waals surface area contributed by atoms with Crippen molar-refractivity contribution >= 4 is 16.9 Å². The van der Waals surface area contributed by atoms with E-state index in [1.807, 2.05) is 35.1 Å². The van der Waals surface area contributed by atoms with Crippen molar-refractivity contribution in [1.29, 1.82) is 0 Å². The zero-order chi connectivity index (χ0) is 29.0. The number of aliphatic hydroxyl groups is 1. The molecule has 3 aromatic heterocycles. The average molecular weight is 569 g/mol. The zero-order valence-electron chi connectivity index (χ0n) is 23.0. The molecule has 0 unspecified atom stereocenters. The molecule has 0 radical (unpaired) electrons. The van der Waals surface area contributed by atoms with Crippen LogP contribution in [0.5, 0.6) is 0 Å². The molecule has 0 spiro atoms. The summed E-state index contributed by atoms with van der Waals surface area (Å²) in [4.78, 5) is 34.9. The van der Waals surface area contributed by atoms with E-state index >= 15 is 0 Å². The molecule has 1 saturated heterocycles. The Hall–Kier alpha value is -4.68. The molecule has 0 bridgehead atoms. The van der Waals surface area contributed by atoms with Crippen LogP contribution in [0, 0.1) is 5.82 Å². The van der Waals surface area contributed by atoms with Crippen molar-refractivity contribution in [3.05, 3.63) is 100 Å². The van der Waals surface area contributed by atoms with Crippen LogP contribution < -0.4 is 5.56 Å². The molecule has 5 aromatic rings. The van der Waals surface area contributed by atoms with Gasteiger partial charge in [0.05, 0.1) is 41.6 Å². The number of carbonyl (C=O) groups is 1. The van der Waals surface area contributed by atoms with Gasteiger partial charge in [-0.1, -0.05) is 0 Å². The molecule has 2 aromatic carbocycles. The van der Waals surface area contributed by atoms with Gasteiger partial charge in [0.25, 0.3) is 11.5 Å². The van der Waals surface area contributed by atoms with Crippen LogP contribution in [0.1, 0.15) is 34.5 Å². The van der Waals surface area contributed by atoms with Gasteiger partial charge in [0, 0.05) is 37.3 Å². The number of carbonyl (C=O) groups excluding carboxylic acids is 1. The molecule has 2 aliphatic rings. The van der Waals surface area contributed by atoms with E-state index in [9.17, 15) is 19.1 Å². The lowest BCUT2D eigenvalue weighted by molar-refractivity contribution is -0.0299. The first-order valence-corrected chi connectivity index (χ1v) is 13.8. The minimum atomic E-state index is -1.17. The van der Waals surface area contributed by atoms with E-state index < -0.39 is 5.60 Å². The molecule has 1 fully saturated rings. The number of hydrogen-bond donors (Lipinski definition) is 1. The molecule has 0 aliphatic carbocycles. The van der Waals surface area contributed by atoms with Crippen LogP contribution in [0.25, 0.3) is 22.4 Å². The topological polar surface area (TPSA) is 114 Å². The van der Waals surface area contributed by atoms with Gasteiger partial charge in [0.1, 0.15) is 17.5 Å². The molecular weight excluding hydrogens is 539 g/mol. The number of benzene rings is 2. The standard InChI is InChI=1S/C30H29FN8O3/c1-35-16-21-14-33-38(26(21)17-35)23-6-2-20(3-7-23)28(40)36-12-10-30(42,11-13-36)18-37-19-32-27-25(29(37)41)15-34-39(27)24-8-4-22(31)5-9-24/h2-9,14-15,19,42H,10-13,16-18H2,1H3. The maximum atomic E-state index is 13.3. The lowest BCUT2D eigenvalue weighted by Crippen LogP contribution is -2.49. The quantitative estimate of drug-likeness (QED) is 0.347. The summed E-state index contributed by atoms with van der Waals surface area (Å²) in [5.41, 5.74) is 3.32. The second-order valence-electron chi connectivity index (χ2n) is 11.2. The molecule has 1 N–H and O–H groups in total. The fourth-order valence-corrected chi connectivity index (χ4v) is 5.89. The van der Waals surface area contributed by atoms with Crippen molar-refractivity contribution in [2.45, 2.75) is 38.1 Å². The molecule has 1 amide bonds. The Balaban J connectivity index is 1.02. The van der Waals surface area contributed by atoms with Gasteiger partial charge in [-0.3, -0.25) is 19.1 Å². The third-order valence-corrected chi connectivity index (χ3v) is 8.25. The highest BCUT2D eigenvalue weighted by Gasteiger charge is 2.35. The molecule has 0 saturated carbocycles. The third kappa shape index (κ3) is 4.58. The van der Waals surface area contributed by atoms with E-state index in [0.29, 0.717) is 48.2 Å².